The van der Waals surface area contributed by atoms with Gasteiger partial charge in [-0.1, -0.05) is 38.8 Å². The fourth-order valence-corrected chi connectivity index (χ4v) is 7.12. The minimum Gasteiger partial charge on any atom is -0.493 e. The van der Waals surface area contributed by atoms with Crippen molar-refractivity contribution in [1.82, 2.24) is 9.96 Å². The van der Waals surface area contributed by atoms with Gasteiger partial charge in [-0.25, -0.2) is 4.39 Å². The number of rotatable bonds is 12. The Bertz CT molecular complexity index is 1320. The molecule has 0 aromatic heterocycles. The van der Waals surface area contributed by atoms with Crippen molar-refractivity contribution in [2.45, 2.75) is 117 Å². The van der Waals surface area contributed by atoms with Gasteiger partial charge in [0.15, 0.2) is 0 Å². The molecule has 1 N–H and O–H groups in total. The second-order valence-corrected chi connectivity index (χ2v) is 13.7. The summed E-state index contributed by atoms with van der Waals surface area (Å²) in [6.07, 6.45) is 7.83. The lowest BCUT2D eigenvalue weighted by atomic mass is 9.93. The van der Waals surface area contributed by atoms with Crippen LogP contribution in [0.2, 0.25) is 0 Å². The van der Waals surface area contributed by atoms with Gasteiger partial charge in [0.1, 0.15) is 11.6 Å². The molecule has 0 aliphatic carbocycles. The predicted octanol–water partition coefficient (Wildman–Crippen LogP) is 7.13. The lowest BCUT2D eigenvalue weighted by Crippen LogP contribution is -2.47. The summed E-state index contributed by atoms with van der Waals surface area (Å²) in [6.45, 7) is 15.3. The van der Waals surface area contributed by atoms with Gasteiger partial charge < -0.3 is 14.7 Å². The van der Waals surface area contributed by atoms with Gasteiger partial charge in [-0.2, -0.15) is 5.06 Å². The average Bonchev–Trinajstić information content (AvgIpc) is 3.71. The maximum absolute atomic E-state index is 14.3. The minimum absolute atomic E-state index is 0.103. The van der Waals surface area contributed by atoms with Gasteiger partial charge in [-0.05, 0) is 99.7 Å². The van der Waals surface area contributed by atoms with Crippen molar-refractivity contribution >= 4 is 17.6 Å². The van der Waals surface area contributed by atoms with Gasteiger partial charge >= 0.3 is 0 Å². The molecule has 0 spiro atoms. The lowest BCUT2D eigenvalue weighted by molar-refractivity contribution is -0.181. The fraction of sp³-hybridized carbons (Fsp3) is 0.622. The first-order valence-corrected chi connectivity index (χ1v) is 17.1. The topological polar surface area (TPSA) is 82.5 Å². The van der Waals surface area contributed by atoms with E-state index in [-0.39, 0.29) is 29.4 Å². The zero-order valence-corrected chi connectivity index (χ0v) is 28.7. The number of aryl methyl sites for hydroxylation is 1. The summed E-state index contributed by atoms with van der Waals surface area (Å²) in [4.78, 5) is 33.9. The molecule has 0 bridgehead atoms. The van der Waals surface area contributed by atoms with Crippen molar-refractivity contribution in [1.29, 1.82) is 0 Å². The number of hydroxylamine groups is 2. The highest BCUT2D eigenvalue weighted by atomic mass is 19.1. The predicted molar refractivity (Wildman–Crippen MR) is 180 cm³/mol. The number of likely N-dealkylation sites (tertiary alicyclic amines) is 1. The highest BCUT2D eigenvalue weighted by Crippen LogP contribution is 2.37. The molecule has 2 aromatic rings. The summed E-state index contributed by atoms with van der Waals surface area (Å²) < 4.78 is 20.0. The number of nitrogens with zero attached hydrogens (tertiary/aromatic N) is 3. The number of carbonyl (C=O) groups is 2. The Hall–Kier alpha value is -3.01. The molecule has 3 aliphatic rings. The minimum atomic E-state index is -0.833. The van der Waals surface area contributed by atoms with E-state index in [1.807, 2.05) is 11.0 Å². The van der Waals surface area contributed by atoms with E-state index in [9.17, 15) is 9.18 Å². The summed E-state index contributed by atoms with van der Waals surface area (Å²) in [7, 11) is 0. The highest BCUT2D eigenvalue weighted by Gasteiger charge is 2.38. The Morgan fingerprint density at radius 2 is 1.85 bits per heavy atom. The quantitative estimate of drug-likeness (QED) is 0.265. The van der Waals surface area contributed by atoms with Crippen LogP contribution in [0, 0.1) is 12.7 Å². The maximum Gasteiger partial charge on any atom is 0.300 e. The Balaban J connectivity index is 0.00000113. The molecule has 46 heavy (non-hydrogen) atoms. The molecule has 3 heterocycles. The molecular weight excluding hydrogens is 585 g/mol. The van der Waals surface area contributed by atoms with E-state index >= 15 is 0 Å². The molecule has 9 heteroatoms. The van der Waals surface area contributed by atoms with E-state index in [2.05, 4.69) is 55.9 Å². The molecule has 8 nitrogen and oxygen atoms in total. The zero-order chi connectivity index (χ0) is 33.4. The molecule has 2 atom stereocenters. The molecule has 2 saturated heterocycles. The molecule has 3 aliphatic heterocycles. The third kappa shape index (κ3) is 9.52. The van der Waals surface area contributed by atoms with Crippen molar-refractivity contribution < 1.29 is 28.7 Å². The largest absolute Gasteiger partial charge is 0.493 e. The number of hydrogen-bond donors (Lipinski definition) is 1. The summed E-state index contributed by atoms with van der Waals surface area (Å²) >= 11 is 0. The van der Waals surface area contributed by atoms with Gasteiger partial charge in [0, 0.05) is 50.7 Å². The van der Waals surface area contributed by atoms with E-state index < -0.39 is 5.97 Å². The SMILES string of the molecule is CC(=O)O.CCCC(CCC)N(C(=O)CN1C[C@H](c2ccc3c(c2)CCO3)C[C@@H]1CCN1CCC(C)(C)O1)c1ccc(F)c(C)c1. The Kier molecular flexibility index (Phi) is 12.6. The number of amides is 1. The van der Waals surface area contributed by atoms with E-state index in [1.165, 1.54) is 17.2 Å². The van der Waals surface area contributed by atoms with Crippen LogP contribution < -0.4 is 9.64 Å². The number of aliphatic carboxylic acids is 1. The molecule has 0 saturated carbocycles. The number of benzene rings is 2. The van der Waals surface area contributed by atoms with E-state index in [4.69, 9.17) is 19.5 Å². The highest BCUT2D eigenvalue weighted by molar-refractivity contribution is 5.95. The maximum atomic E-state index is 14.3. The van der Waals surface area contributed by atoms with Crippen LogP contribution in [0.1, 0.15) is 102 Å². The zero-order valence-electron chi connectivity index (χ0n) is 28.7. The third-order valence-corrected chi connectivity index (χ3v) is 9.40. The monoisotopic (exact) mass is 639 g/mol. The Morgan fingerprint density at radius 3 is 2.48 bits per heavy atom. The first kappa shape index (κ1) is 35.8. The molecular formula is C37H54FN3O5. The second-order valence-electron chi connectivity index (χ2n) is 13.7. The summed E-state index contributed by atoms with van der Waals surface area (Å²) in [5.74, 6) is 0.424. The van der Waals surface area contributed by atoms with Crippen molar-refractivity contribution in [3.63, 3.8) is 0 Å². The fourth-order valence-electron chi connectivity index (χ4n) is 7.12. The van der Waals surface area contributed by atoms with E-state index in [0.717, 1.165) is 96.0 Å². The number of halogens is 1. The molecule has 2 aromatic carbocycles. The van der Waals surface area contributed by atoms with Crippen LogP contribution in [0.15, 0.2) is 36.4 Å². The number of hydrogen-bond acceptors (Lipinski definition) is 6. The number of carbonyl (C=O) groups excluding carboxylic acids is 1. The first-order chi connectivity index (χ1) is 21.9. The van der Waals surface area contributed by atoms with Crippen molar-refractivity contribution in [2.24, 2.45) is 0 Å². The molecule has 1 amide bonds. The Morgan fingerprint density at radius 1 is 1.13 bits per heavy atom. The summed E-state index contributed by atoms with van der Waals surface area (Å²) in [5, 5.41) is 9.53. The Labute approximate surface area is 274 Å². The van der Waals surface area contributed by atoms with Crippen LogP contribution in [-0.2, 0) is 20.8 Å². The first-order valence-electron chi connectivity index (χ1n) is 17.1. The second kappa shape index (κ2) is 16.2. The van der Waals surface area contributed by atoms with Crippen LogP contribution >= 0.6 is 0 Å². The van der Waals surface area contributed by atoms with Crippen LogP contribution in [0.5, 0.6) is 5.75 Å². The van der Waals surface area contributed by atoms with Crippen molar-refractivity contribution in [2.75, 3.05) is 37.7 Å². The molecule has 254 valence electrons. The molecule has 5 rings (SSSR count). The lowest BCUT2D eigenvalue weighted by Gasteiger charge is -2.35. The van der Waals surface area contributed by atoms with Crippen LogP contribution in [0.3, 0.4) is 0 Å². The van der Waals surface area contributed by atoms with Crippen molar-refractivity contribution in [3.8, 4) is 5.75 Å². The smallest absolute Gasteiger partial charge is 0.300 e. The van der Waals surface area contributed by atoms with Gasteiger partial charge in [0.2, 0.25) is 5.91 Å². The van der Waals surface area contributed by atoms with Crippen LogP contribution in [-0.4, -0.2) is 77.4 Å². The van der Waals surface area contributed by atoms with E-state index in [1.54, 1.807) is 13.0 Å². The number of anilines is 1. The third-order valence-electron chi connectivity index (χ3n) is 9.40. The van der Waals surface area contributed by atoms with Crippen LogP contribution in [0.4, 0.5) is 10.1 Å². The van der Waals surface area contributed by atoms with Gasteiger partial charge in [0.25, 0.3) is 5.97 Å². The van der Waals surface area contributed by atoms with Gasteiger partial charge in [0.05, 0.1) is 18.8 Å². The van der Waals surface area contributed by atoms with Gasteiger partial charge in [-0.3, -0.25) is 19.3 Å². The number of carboxylic acid groups (broad SMARTS) is 1. The number of fused-ring (bicyclic) bond motifs is 1. The standard InChI is InChI=1S/C35H50FN3O3.C2H4O2/c1-6-8-29(9-7-2)39(31-11-12-32(36)25(3)20-31)34(40)24-37-23-28(26-10-13-33-27(21-26)15-19-41-33)22-30(37)14-17-38-18-16-35(4,5)42-38;1-2(3)4/h10-13,20-21,28-30H,6-9,14-19,22-24H2,1-5H3;1H3,(H,3,4)/t28-,30+;/m1./s1. The van der Waals surface area contributed by atoms with E-state index in [0.29, 0.717) is 18.0 Å². The summed E-state index contributed by atoms with van der Waals surface area (Å²) in [5.41, 5.74) is 3.92. The molecule has 0 unspecified atom stereocenters. The van der Waals surface area contributed by atoms with Crippen LogP contribution in [0.25, 0.3) is 0 Å². The normalized spacial score (nSPS) is 20.7. The number of ether oxygens (including phenoxy) is 1. The average molecular weight is 640 g/mol. The number of carboxylic acids is 1. The molecule has 0 radical (unpaired) electrons. The summed E-state index contributed by atoms with van der Waals surface area (Å²) in [6, 6.07) is 12.2. The van der Waals surface area contributed by atoms with Crippen molar-refractivity contribution in [3.05, 3.63) is 58.9 Å². The van der Waals surface area contributed by atoms with Gasteiger partial charge in [-0.15, -0.1) is 0 Å². The molecule has 2 fully saturated rings.